The van der Waals surface area contributed by atoms with E-state index in [2.05, 4.69) is 10.2 Å². The van der Waals surface area contributed by atoms with Gasteiger partial charge in [0.1, 0.15) is 34.4 Å². The number of phenols is 1. The van der Waals surface area contributed by atoms with Crippen molar-refractivity contribution in [2.45, 2.75) is 114 Å². The van der Waals surface area contributed by atoms with Crippen molar-refractivity contribution in [2.75, 3.05) is 44.4 Å². The molecule has 53 heavy (non-hydrogen) atoms. The fourth-order valence-electron chi connectivity index (χ4n) is 10.6. The van der Waals surface area contributed by atoms with Crippen LogP contribution < -0.4 is 25.5 Å². The summed E-state index contributed by atoms with van der Waals surface area (Å²) in [6.07, 6.45) is 12.9. The molecule has 5 fully saturated rings. The Kier molecular flexibility index (Phi) is 9.03. The Morgan fingerprint density at radius 2 is 1.87 bits per heavy atom. The third-order valence-corrected chi connectivity index (χ3v) is 13.0. The molecule has 9 rings (SSSR count). The third kappa shape index (κ3) is 6.33. The average Bonchev–Trinajstić information content (AvgIpc) is 3.67. The quantitative estimate of drug-likeness (QED) is 0.321. The number of likely N-dealkylation sites (tertiary alicyclic amines) is 1. The Bertz CT molecular complexity index is 2020. The van der Waals surface area contributed by atoms with Gasteiger partial charge in [-0.1, -0.05) is 19.4 Å². The number of aryl methyl sites for hydroxylation is 1. The van der Waals surface area contributed by atoms with Gasteiger partial charge < -0.3 is 34.6 Å². The van der Waals surface area contributed by atoms with Gasteiger partial charge in [0.05, 0.1) is 43.8 Å². The molecule has 3 aromatic rings. The number of fused-ring (bicyclic) bond motifs is 5. The lowest BCUT2D eigenvalue weighted by molar-refractivity contribution is -0.0799. The second-order valence-electron chi connectivity index (χ2n) is 16.7. The summed E-state index contributed by atoms with van der Waals surface area (Å²) in [5.41, 5.74) is -0.332. The standard InChI is InChI=1S/C41H51F2N5O5/c1-3-29-32(42)10-7-24-16-26(49)19-30(34(24)29)36-35(43)37-31(20-44-36)38(47-14-15-51-22-40(2,50)21-47)46-39(45-37)52-23-41-11-4-6-33(41)48(13-5-12-41)25-17-27-8-9-28(18-25)53-27/h7,10,16,19-20,25,27-28,33,36,44,49-50H,3-6,8-9,11-15,17-18,21-23H2,1-2H3/t25?,27?,28?,33-,36?,40+,41?/m1/s1. The Hall–Kier alpha value is -3.58. The van der Waals surface area contributed by atoms with Gasteiger partial charge >= 0.3 is 6.01 Å². The van der Waals surface area contributed by atoms with Crippen LogP contribution in [0.5, 0.6) is 11.8 Å². The van der Waals surface area contributed by atoms with Crippen LogP contribution in [0.2, 0.25) is 0 Å². The zero-order valence-electron chi connectivity index (χ0n) is 30.8. The number of phenolic OH excluding ortho intramolecular Hbond substituents is 1. The summed E-state index contributed by atoms with van der Waals surface area (Å²) in [5, 5.41) is 26.8. The van der Waals surface area contributed by atoms with Gasteiger partial charge in [-0.25, -0.2) is 8.78 Å². The molecule has 5 aliphatic heterocycles. The van der Waals surface area contributed by atoms with Gasteiger partial charge in [0, 0.05) is 30.2 Å². The molecule has 3 N–H and O–H groups in total. The van der Waals surface area contributed by atoms with Crippen molar-refractivity contribution in [1.82, 2.24) is 20.2 Å². The summed E-state index contributed by atoms with van der Waals surface area (Å²) in [5.74, 6) is -0.553. The Morgan fingerprint density at radius 1 is 1.06 bits per heavy atom. The molecule has 284 valence electrons. The van der Waals surface area contributed by atoms with E-state index in [1.54, 1.807) is 25.3 Å². The van der Waals surface area contributed by atoms with E-state index >= 15 is 8.78 Å². The molecule has 6 atom stereocenters. The zero-order valence-corrected chi connectivity index (χ0v) is 30.8. The Morgan fingerprint density at radius 3 is 2.68 bits per heavy atom. The van der Waals surface area contributed by atoms with Crippen molar-refractivity contribution >= 4 is 28.6 Å². The van der Waals surface area contributed by atoms with Crippen LogP contribution in [0.25, 0.3) is 22.8 Å². The Balaban J connectivity index is 1.10. The van der Waals surface area contributed by atoms with Crippen molar-refractivity contribution in [2.24, 2.45) is 5.41 Å². The summed E-state index contributed by atoms with van der Waals surface area (Å²) in [7, 11) is 0. The van der Waals surface area contributed by atoms with E-state index in [9.17, 15) is 10.2 Å². The summed E-state index contributed by atoms with van der Waals surface area (Å²) < 4.78 is 50.9. The summed E-state index contributed by atoms with van der Waals surface area (Å²) in [6, 6.07) is 6.06. The van der Waals surface area contributed by atoms with Gasteiger partial charge in [-0.15, -0.1) is 0 Å². The number of β-amino-alcohol motifs (C(OH)–C–C–N with tert-alkyl or cyclic N) is 1. The van der Waals surface area contributed by atoms with E-state index in [1.165, 1.54) is 25.0 Å². The molecular formula is C41H51F2N5O5. The van der Waals surface area contributed by atoms with E-state index in [1.807, 2.05) is 11.8 Å². The van der Waals surface area contributed by atoms with E-state index < -0.39 is 17.5 Å². The van der Waals surface area contributed by atoms with Gasteiger partial charge in [0.25, 0.3) is 0 Å². The van der Waals surface area contributed by atoms with Crippen molar-refractivity contribution < 1.29 is 33.2 Å². The first kappa shape index (κ1) is 35.1. The van der Waals surface area contributed by atoms with Gasteiger partial charge in [0.15, 0.2) is 5.83 Å². The number of hydrogen-bond acceptors (Lipinski definition) is 10. The van der Waals surface area contributed by atoms with E-state index in [-0.39, 0.29) is 41.5 Å². The molecular weight excluding hydrogens is 680 g/mol. The maximum absolute atomic E-state index is 17.2. The van der Waals surface area contributed by atoms with Crippen LogP contribution in [0.3, 0.4) is 0 Å². The number of halogens is 2. The monoisotopic (exact) mass is 731 g/mol. The number of benzene rings is 2. The lowest BCUT2D eigenvalue weighted by Gasteiger charge is -2.50. The van der Waals surface area contributed by atoms with Crippen LogP contribution in [0, 0.1) is 11.2 Å². The molecule has 2 aromatic carbocycles. The number of aromatic nitrogens is 2. The molecule has 2 bridgehead atoms. The molecule has 6 heterocycles. The third-order valence-electron chi connectivity index (χ3n) is 13.0. The lowest BCUT2D eigenvalue weighted by atomic mass is 9.74. The summed E-state index contributed by atoms with van der Waals surface area (Å²) in [6.45, 7) is 6.30. The zero-order chi connectivity index (χ0) is 36.5. The van der Waals surface area contributed by atoms with Gasteiger partial charge in [-0.2, -0.15) is 9.97 Å². The van der Waals surface area contributed by atoms with E-state index in [0.717, 1.165) is 51.5 Å². The number of anilines is 1. The molecule has 1 aliphatic carbocycles. The summed E-state index contributed by atoms with van der Waals surface area (Å²) >= 11 is 0. The molecule has 12 heteroatoms. The highest BCUT2D eigenvalue weighted by molar-refractivity contribution is 5.92. The minimum atomic E-state index is -1.16. The van der Waals surface area contributed by atoms with Gasteiger partial charge in [0.2, 0.25) is 0 Å². The average molecular weight is 732 g/mol. The molecule has 1 saturated carbocycles. The number of hydrogen-bond donors (Lipinski definition) is 3. The SMILES string of the molecule is CCc1c(F)ccc2cc(O)cc(C3NC=c4c(N5CCOC[C@@](C)(O)C5)nc(OCC56CCC[C@H]5N(C5CC7CCC(C5)O7)CCC6)nc4=C3F)c12. The fraction of sp³-hybridized carbons (Fsp3) is 0.610. The first-order valence-corrected chi connectivity index (χ1v) is 19.7. The first-order chi connectivity index (χ1) is 25.6. The first-order valence-electron chi connectivity index (χ1n) is 19.7. The van der Waals surface area contributed by atoms with Crippen molar-refractivity contribution in [3.05, 3.63) is 51.8 Å². The number of aromatic hydroxyl groups is 1. The van der Waals surface area contributed by atoms with Crippen LogP contribution >= 0.6 is 0 Å². The molecule has 10 nitrogen and oxygen atoms in total. The maximum Gasteiger partial charge on any atom is 0.319 e. The molecule has 0 spiro atoms. The molecule has 4 unspecified atom stereocenters. The molecule has 4 saturated heterocycles. The predicted molar refractivity (Wildman–Crippen MR) is 197 cm³/mol. The molecule has 0 radical (unpaired) electrons. The van der Waals surface area contributed by atoms with Crippen LogP contribution in [-0.2, 0) is 15.9 Å². The molecule has 0 amide bonds. The number of nitrogens with zero attached hydrogens (tertiary/aromatic N) is 4. The predicted octanol–water partition coefficient (Wildman–Crippen LogP) is 4.51. The second kappa shape index (κ2) is 13.6. The van der Waals surface area contributed by atoms with Crippen molar-refractivity contribution in [3.63, 3.8) is 0 Å². The highest BCUT2D eigenvalue weighted by Crippen LogP contribution is 2.50. The topological polar surface area (TPSA) is 112 Å². The highest BCUT2D eigenvalue weighted by Gasteiger charge is 2.51. The lowest BCUT2D eigenvalue weighted by Crippen LogP contribution is -2.57. The summed E-state index contributed by atoms with van der Waals surface area (Å²) in [4.78, 5) is 14.4. The highest BCUT2D eigenvalue weighted by atomic mass is 19.1. The second-order valence-corrected chi connectivity index (χ2v) is 16.7. The van der Waals surface area contributed by atoms with Crippen LogP contribution in [0.1, 0.15) is 88.8 Å². The minimum absolute atomic E-state index is 0.0407. The fourth-order valence-corrected chi connectivity index (χ4v) is 10.6. The smallest absolute Gasteiger partial charge is 0.319 e. The van der Waals surface area contributed by atoms with Crippen molar-refractivity contribution in [1.29, 1.82) is 0 Å². The van der Waals surface area contributed by atoms with Crippen LogP contribution in [0.15, 0.2) is 24.3 Å². The number of piperidine rings is 1. The number of ether oxygens (including phenoxy) is 3. The van der Waals surface area contributed by atoms with Crippen molar-refractivity contribution in [3.8, 4) is 11.8 Å². The van der Waals surface area contributed by atoms with E-state index in [4.69, 9.17) is 24.2 Å². The van der Waals surface area contributed by atoms with Crippen LogP contribution in [-0.4, -0.2) is 94.4 Å². The molecule has 1 aromatic heterocycles. The number of nitrogens with one attached hydrogen (secondary N) is 1. The number of rotatable bonds is 7. The number of aliphatic hydroxyl groups is 1. The normalized spacial score (nSPS) is 32.9. The Labute approximate surface area is 308 Å². The largest absolute Gasteiger partial charge is 0.508 e. The van der Waals surface area contributed by atoms with Gasteiger partial charge in [-0.05, 0) is 111 Å². The maximum atomic E-state index is 17.2. The van der Waals surface area contributed by atoms with Gasteiger partial charge in [-0.3, -0.25) is 4.90 Å². The van der Waals surface area contributed by atoms with Crippen LogP contribution in [0.4, 0.5) is 14.6 Å². The molecule has 6 aliphatic rings. The minimum Gasteiger partial charge on any atom is -0.508 e. The van der Waals surface area contributed by atoms with E-state index in [0.29, 0.717) is 83.4 Å².